The highest BCUT2D eigenvalue weighted by Crippen LogP contribution is 1.94. The zero-order chi connectivity index (χ0) is 6.57. The highest BCUT2D eigenvalue weighted by molar-refractivity contribution is 5.82. The van der Waals surface area contributed by atoms with E-state index in [1.54, 1.807) is 0 Å². The summed E-state index contributed by atoms with van der Waals surface area (Å²) in [6, 6.07) is 0. The second-order valence-corrected chi connectivity index (χ2v) is 1.73. The van der Waals surface area contributed by atoms with E-state index in [2.05, 4.69) is 13.8 Å². The monoisotopic (exact) mass is 114 g/mol. The first kappa shape index (κ1) is 7.63. The summed E-state index contributed by atoms with van der Waals surface area (Å²) in [6.07, 6.45) is 0.119. The van der Waals surface area contributed by atoms with Gasteiger partial charge in [0.15, 0.2) is 0 Å². The summed E-state index contributed by atoms with van der Waals surface area (Å²) in [7, 11) is 0. The van der Waals surface area contributed by atoms with E-state index in [1.165, 1.54) is 0 Å². The average molecular weight is 114 g/mol. The second kappa shape index (κ2) is 3.61. The number of ketones is 1. The van der Waals surface area contributed by atoms with Gasteiger partial charge in [-0.05, 0) is 13.3 Å². The Morgan fingerprint density at radius 2 is 2.25 bits per heavy atom. The maximum atomic E-state index is 10.1. The quantitative estimate of drug-likeness (QED) is 0.575. The van der Waals surface area contributed by atoms with Crippen LogP contribution < -0.4 is 0 Å². The minimum atomic E-state index is -0.624. The Morgan fingerprint density at radius 3 is 2.38 bits per heavy atom. The van der Waals surface area contributed by atoms with Gasteiger partial charge in [-0.25, -0.2) is 0 Å². The molecule has 0 aromatic heterocycles. The predicted octanol–water partition coefficient (Wildman–Crippen LogP) is 0.365. The van der Waals surface area contributed by atoms with Crippen molar-refractivity contribution in [3.05, 3.63) is 13.8 Å². The molecule has 2 radical (unpaired) electrons. The summed E-state index contributed by atoms with van der Waals surface area (Å²) < 4.78 is 0. The molecule has 0 rings (SSSR count). The molecule has 46 valence electrons. The van der Waals surface area contributed by atoms with Crippen LogP contribution in [0.3, 0.4) is 0 Å². The SMILES string of the molecule is [CH2]C(=O)CCC([CH2])O. The van der Waals surface area contributed by atoms with Gasteiger partial charge in [0.1, 0.15) is 5.78 Å². The predicted molar refractivity (Wildman–Crippen MR) is 31.0 cm³/mol. The van der Waals surface area contributed by atoms with Gasteiger partial charge in [-0.2, -0.15) is 0 Å². The number of hydrogen-bond donors (Lipinski definition) is 1. The number of carbonyl (C=O) groups is 1. The summed E-state index contributed by atoms with van der Waals surface area (Å²) >= 11 is 0. The lowest BCUT2D eigenvalue weighted by atomic mass is 10.2. The van der Waals surface area contributed by atoms with Crippen LogP contribution in [-0.4, -0.2) is 17.0 Å². The van der Waals surface area contributed by atoms with E-state index in [0.717, 1.165) is 0 Å². The molecule has 0 aliphatic rings. The molecule has 0 amide bonds. The van der Waals surface area contributed by atoms with Crippen molar-refractivity contribution in [2.24, 2.45) is 0 Å². The van der Waals surface area contributed by atoms with Gasteiger partial charge in [-0.1, -0.05) is 0 Å². The van der Waals surface area contributed by atoms with Gasteiger partial charge in [-0.3, -0.25) is 4.79 Å². The first-order chi connectivity index (χ1) is 3.63. The zero-order valence-electron chi connectivity index (χ0n) is 4.76. The van der Waals surface area contributed by atoms with Gasteiger partial charge in [0.05, 0.1) is 6.10 Å². The second-order valence-electron chi connectivity index (χ2n) is 1.73. The maximum absolute atomic E-state index is 10.1. The molecule has 0 bridgehead atoms. The largest absolute Gasteiger partial charge is 0.393 e. The van der Waals surface area contributed by atoms with Crippen molar-refractivity contribution >= 4 is 5.78 Å². The topological polar surface area (TPSA) is 37.3 Å². The molecule has 1 atom stereocenters. The molecule has 0 saturated heterocycles. The molecule has 1 unspecified atom stereocenters. The molecule has 0 saturated carbocycles. The van der Waals surface area contributed by atoms with E-state index < -0.39 is 6.10 Å². The summed E-state index contributed by atoms with van der Waals surface area (Å²) in [6.45, 7) is 6.42. The molecule has 8 heavy (non-hydrogen) atoms. The Morgan fingerprint density at radius 1 is 1.75 bits per heavy atom. The van der Waals surface area contributed by atoms with Crippen LogP contribution in [0, 0.1) is 13.8 Å². The molecule has 0 aromatic rings. The van der Waals surface area contributed by atoms with Crippen molar-refractivity contribution in [3.8, 4) is 0 Å². The van der Waals surface area contributed by atoms with Gasteiger partial charge >= 0.3 is 0 Å². The zero-order valence-corrected chi connectivity index (χ0v) is 4.76. The van der Waals surface area contributed by atoms with Crippen LogP contribution in [0.5, 0.6) is 0 Å². The Balaban J connectivity index is 3.05. The van der Waals surface area contributed by atoms with Crippen molar-refractivity contribution in [2.75, 3.05) is 0 Å². The van der Waals surface area contributed by atoms with Crippen molar-refractivity contribution in [3.63, 3.8) is 0 Å². The molecular formula is C6H10O2. The minimum Gasteiger partial charge on any atom is -0.393 e. The Bertz CT molecular complexity index is 76.6. The fraction of sp³-hybridized carbons (Fsp3) is 0.500. The maximum Gasteiger partial charge on any atom is 0.133 e. The minimum absolute atomic E-state index is 0.146. The fourth-order valence-corrected chi connectivity index (χ4v) is 0.328. The lowest BCUT2D eigenvalue weighted by molar-refractivity contribution is -0.115. The van der Waals surface area contributed by atoms with Crippen LogP contribution in [0.2, 0.25) is 0 Å². The highest BCUT2D eigenvalue weighted by Gasteiger charge is 1.97. The summed E-state index contributed by atoms with van der Waals surface area (Å²) in [5, 5.41) is 8.51. The van der Waals surface area contributed by atoms with E-state index in [-0.39, 0.29) is 5.78 Å². The van der Waals surface area contributed by atoms with E-state index in [9.17, 15) is 4.79 Å². The van der Waals surface area contributed by atoms with Gasteiger partial charge < -0.3 is 5.11 Å². The molecule has 0 fully saturated rings. The van der Waals surface area contributed by atoms with E-state index in [1.807, 2.05) is 0 Å². The Labute approximate surface area is 49.5 Å². The van der Waals surface area contributed by atoms with Crippen molar-refractivity contribution in [1.82, 2.24) is 0 Å². The molecular weight excluding hydrogens is 104 g/mol. The molecule has 0 aliphatic carbocycles. The smallest absolute Gasteiger partial charge is 0.133 e. The number of carbonyl (C=O) groups excluding carboxylic acids is 1. The molecule has 0 aliphatic heterocycles. The first-order valence-corrected chi connectivity index (χ1v) is 2.49. The van der Waals surface area contributed by atoms with E-state index in [4.69, 9.17) is 5.11 Å². The summed E-state index contributed by atoms with van der Waals surface area (Å²) in [5.41, 5.74) is 0. The van der Waals surface area contributed by atoms with Crippen molar-refractivity contribution in [2.45, 2.75) is 18.9 Å². The van der Waals surface area contributed by atoms with Crippen LogP contribution in [0.25, 0.3) is 0 Å². The van der Waals surface area contributed by atoms with Gasteiger partial charge in [-0.15, -0.1) is 0 Å². The molecule has 0 aromatic carbocycles. The highest BCUT2D eigenvalue weighted by atomic mass is 16.3. The van der Waals surface area contributed by atoms with Crippen LogP contribution in [0.15, 0.2) is 0 Å². The normalized spacial score (nSPS) is 13.4. The van der Waals surface area contributed by atoms with Crippen LogP contribution in [0.1, 0.15) is 12.8 Å². The first-order valence-electron chi connectivity index (χ1n) is 2.49. The third-order valence-corrected chi connectivity index (χ3v) is 0.756. The van der Waals surface area contributed by atoms with Crippen LogP contribution in [0.4, 0.5) is 0 Å². The third-order valence-electron chi connectivity index (χ3n) is 0.756. The molecule has 1 N–H and O–H groups in total. The lowest BCUT2D eigenvalue weighted by Crippen LogP contribution is -2.02. The third kappa shape index (κ3) is 5.63. The Hall–Kier alpha value is -0.370. The summed E-state index contributed by atoms with van der Waals surface area (Å²) in [4.78, 5) is 10.1. The number of aliphatic hydroxyl groups is 1. The molecule has 0 spiro atoms. The molecule has 2 nitrogen and oxygen atoms in total. The van der Waals surface area contributed by atoms with Crippen molar-refractivity contribution in [1.29, 1.82) is 0 Å². The fourth-order valence-electron chi connectivity index (χ4n) is 0.328. The van der Waals surface area contributed by atoms with E-state index in [0.29, 0.717) is 12.8 Å². The van der Waals surface area contributed by atoms with Gasteiger partial charge in [0.25, 0.3) is 0 Å². The number of aliphatic hydroxyl groups excluding tert-OH is 1. The van der Waals surface area contributed by atoms with Crippen LogP contribution in [-0.2, 0) is 4.79 Å². The number of hydrogen-bond acceptors (Lipinski definition) is 2. The standard InChI is InChI=1S/C6H10O2/c1-5(7)3-4-6(2)8/h5,7H,1-4H2. The van der Waals surface area contributed by atoms with E-state index >= 15 is 0 Å². The number of rotatable bonds is 3. The number of Topliss-reactive ketones (excluding diaryl/α,β-unsaturated/α-hetero) is 1. The lowest BCUT2D eigenvalue weighted by Gasteiger charge is -1.97. The average Bonchev–Trinajstić information content (AvgIpc) is 1.61. The van der Waals surface area contributed by atoms with Gasteiger partial charge in [0, 0.05) is 13.3 Å². The molecule has 2 heteroatoms. The van der Waals surface area contributed by atoms with Crippen molar-refractivity contribution < 1.29 is 9.90 Å². The summed E-state index contributed by atoms with van der Waals surface area (Å²) in [5.74, 6) is -0.146. The molecule has 0 heterocycles. The van der Waals surface area contributed by atoms with Crippen LogP contribution >= 0.6 is 0 Å². The van der Waals surface area contributed by atoms with Gasteiger partial charge in [0.2, 0.25) is 0 Å². The Kier molecular flexibility index (Phi) is 3.44.